The molecule has 0 spiro atoms. The Kier molecular flexibility index (Phi) is 4.14. The van der Waals surface area contributed by atoms with E-state index in [1.165, 1.54) is 24.1 Å². The third kappa shape index (κ3) is 3.31. The predicted octanol–water partition coefficient (Wildman–Crippen LogP) is 2.43. The molecule has 1 atom stereocenters. The minimum Gasteiger partial charge on any atom is -0.375 e. The summed E-state index contributed by atoms with van der Waals surface area (Å²) in [6.07, 6.45) is 3.73. The minimum atomic E-state index is 0.218. The monoisotopic (exact) mass is 312 g/mol. The molecule has 0 amide bonds. The van der Waals surface area contributed by atoms with Crippen molar-refractivity contribution in [2.75, 3.05) is 20.2 Å². The fourth-order valence-electron chi connectivity index (χ4n) is 3.27. The van der Waals surface area contributed by atoms with Gasteiger partial charge in [-0.15, -0.1) is 5.10 Å². The molecule has 1 aliphatic heterocycles. The van der Waals surface area contributed by atoms with Gasteiger partial charge >= 0.3 is 0 Å². The van der Waals surface area contributed by atoms with E-state index < -0.39 is 0 Å². The van der Waals surface area contributed by atoms with Crippen molar-refractivity contribution in [3.63, 3.8) is 0 Å². The largest absolute Gasteiger partial charge is 0.375 e. The lowest BCUT2D eigenvalue weighted by Crippen LogP contribution is -2.35. The maximum absolute atomic E-state index is 5.97. The Labute approximate surface area is 137 Å². The van der Waals surface area contributed by atoms with Crippen molar-refractivity contribution in [1.82, 2.24) is 19.9 Å². The van der Waals surface area contributed by atoms with E-state index in [1.54, 1.807) is 0 Å². The zero-order valence-electron chi connectivity index (χ0n) is 13.7. The van der Waals surface area contributed by atoms with Gasteiger partial charge in [0.25, 0.3) is 0 Å². The number of fused-ring (bicyclic) bond motifs is 1. The van der Waals surface area contributed by atoms with Gasteiger partial charge in [-0.05, 0) is 31.4 Å². The average molecular weight is 312 g/mol. The number of nitrogens with zero attached hydrogens (tertiary/aromatic N) is 4. The Bertz CT molecular complexity index is 650. The normalized spacial score (nSPS) is 21.3. The molecule has 0 N–H and O–H groups in total. The van der Waals surface area contributed by atoms with E-state index in [2.05, 4.69) is 39.1 Å². The molecule has 2 heterocycles. The summed E-state index contributed by atoms with van der Waals surface area (Å²) in [7, 11) is 2.15. The van der Waals surface area contributed by atoms with E-state index in [0.29, 0.717) is 13.2 Å². The molecule has 2 aromatic rings. The highest BCUT2D eigenvalue weighted by Gasteiger charge is 2.32. The molecule has 0 saturated heterocycles. The van der Waals surface area contributed by atoms with Crippen LogP contribution >= 0.6 is 0 Å². The van der Waals surface area contributed by atoms with Crippen molar-refractivity contribution in [3.05, 3.63) is 47.3 Å². The number of aromatic nitrogens is 3. The van der Waals surface area contributed by atoms with Crippen LogP contribution in [0.1, 0.15) is 35.8 Å². The summed E-state index contributed by atoms with van der Waals surface area (Å²) in [5, 5.41) is 8.90. The molecule has 0 unspecified atom stereocenters. The molecule has 2 aliphatic rings. The molecule has 1 aromatic heterocycles. The van der Waals surface area contributed by atoms with Crippen molar-refractivity contribution in [3.8, 4) is 0 Å². The van der Waals surface area contributed by atoms with Crippen molar-refractivity contribution in [2.24, 2.45) is 5.92 Å². The first-order chi connectivity index (χ1) is 11.3. The summed E-state index contributed by atoms with van der Waals surface area (Å²) in [6.45, 7) is 3.41. The maximum atomic E-state index is 5.97. The SMILES string of the molecule is CN1CCc2c(nnn2CC2CC2)[C@H]1COCc1ccccc1. The summed E-state index contributed by atoms with van der Waals surface area (Å²) in [5.74, 6) is 0.827. The van der Waals surface area contributed by atoms with Gasteiger partial charge in [-0.25, -0.2) is 4.68 Å². The number of rotatable bonds is 6. The van der Waals surface area contributed by atoms with Crippen LogP contribution in [-0.2, 0) is 24.3 Å². The molecule has 1 aliphatic carbocycles. The van der Waals surface area contributed by atoms with Crippen LogP contribution in [0.15, 0.2) is 30.3 Å². The van der Waals surface area contributed by atoms with Gasteiger partial charge in [0.1, 0.15) is 5.69 Å². The second-order valence-corrected chi connectivity index (χ2v) is 6.79. The van der Waals surface area contributed by atoms with E-state index >= 15 is 0 Å². The Morgan fingerprint density at radius 1 is 1.22 bits per heavy atom. The summed E-state index contributed by atoms with van der Waals surface area (Å²) < 4.78 is 8.11. The van der Waals surface area contributed by atoms with Gasteiger partial charge in [0, 0.05) is 19.5 Å². The highest BCUT2D eigenvalue weighted by Crippen LogP contribution is 2.33. The Balaban J connectivity index is 1.42. The molecule has 0 bridgehead atoms. The molecule has 5 heteroatoms. The highest BCUT2D eigenvalue weighted by molar-refractivity contribution is 5.19. The summed E-state index contributed by atoms with van der Waals surface area (Å²) in [6, 6.07) is 10.5. The first-order valence-electron chi connectivity index (χ1n) is 8.55. The van der Waals surface area contributed by atoms with Crippen molar-refractivity contribution < 1.29 is 4.74 Å². The van der Waals surface area contributed by atoms with E-state index in [0.717, 1.165) is 31.1 Å². The number of benzene rings is 1. The van der Waals surface area contributed by atoms with Crippen LogP contribution in [0.3, 0.4) is 0 Å². The fraction of sp³-hybridized carbons (Fsp3) is 0.556. The zero-order chi connectivity index (χ0) is 15.6. The molecule has 0 radical (unpaired) electrons. The zero-order valence-corrected chi connectivity index (χ0v) is 13.7. The molecule has 4 rings (SSSR count). The fourth-order valence-corrected chi connectivity index (χ4v) is 3.27. The smallest absolute Gasteiger partial charge is 0.105 e. The van der Waals surface area contributed by atoms with E-state index in [4.69, 9.17) is 4.74 Å². The van der Waals surface area contributed by atoms with Crippen LogP contribution in [-0.4, -0.2) is 40.1 Å². The van der Waals surface area contributed by atoms with Gasteiger partial charge in [0.15, 0.2) is 0 Å². The second kappa shape index (κ2) is 6.42. The topological polar surface area (TPSA) is 43.2 Å². The molecule has 1 saturated carbocycles. The third-order valence-electron chi connectivity index (χ3n) is 4.93. The lowest BCUT2D eigenvalue weighted by molar-refractivity contribution is 0.0536. The summed E-state index contributed by atoms with van der Waals surface area (Å²) in [5.41, 5.74) is 3.65. The molecule has 1 aromatic carbocycles. The van der Waals surface area contributed by atoms with Gasteiger partial charge in [0.2, 0.25) is 0 Å². The molecular formula is C18H24N4O. The Morgan fingerprint density at radius 2 is 2.04 bits per heavy atom. The Morgan fingerprint density at radius 3 is 2.83 bits per heavy atom. The number of ether oxygens (including phenoxy) is 1. The van der Waals surface area contributed by atoms with Crippen LogP contribution in [0.5, 0.6) is 0 Å². The van der Waals surface area contributed by atoms with Crippen LogP contribution < -0.4 is 0 Å². The number of hydrogen-bond acceptors (Lipinski definition) is 4. The lowest BCUT2D eigenvalue weighted by Gasteiger charge is -2.31. The number of hydrogen-bond donors (Lipinski definition) is 0. The maximum Gasteiger partial charge on any atom is 0.105 e. The first-order valence-corrected chi connectivity index (χ1v) is 8.55. The van der Waals surface area contributed by atoms with Gasteiger partial charge in [-0.2, -0.15) is 0 Å². The van der Waals surface area contributed by atoms with Gasteiger partial charge in [-0.1, -0.05) is 35.5 Å². The summed E-state index contributed by atoms with van der Waals surface area (Å²) >= 11 is 0. The van der Waals surface area contributed by atoms with Crippen molar-refractivity contribution in [2.45, 2.75) is 38.5 Å². The summed E-state index contributed by atoms with van der Waals surface area (Å²) in [4.78, 5) is 2.34. The van der Waals surface area contributed by atoms with Crippen molar-refractivity contribution >= 4 is 0 Å². The quantitative estimate of drug-likeness (QED) is 0.822. The van der Waals surface area contributed by atoms with Gasteiger partial charge < -0.3 is 4.74 Å². The van der Waals surface area contributed by atoms with E-state index in [9.17, 15) is 0 Å². The molecular weight excluding hydrogens is 288 g/mol. The minimum absolute atomic E-state index is 0.218. The second-order valence-electron chi connectivity index (χ2n) is 6.79. The van der Waals surface area contributed by atoms with Gasteiger partial charge in [0.05, 0.1) is 24.9 Å². The molecule has 1 fully saturated rings. The van der Waals surface area contributed by atoms with Crippen molar-refractivity contribution in [1.29, 1.82) is 0 Å². The lowest BCUT2D eigenvalue weighted by atomic mass is 10.0. The van der Waals surface area contributed by atoms with Crippen LogP contribution in [0.25, 0.3) is 0 Å². The molecule has 23 heavy (non-hydrogen) atoms. The standard InChI is InChI=1S/C18H24N4O/c1-21-10-9-16-18(19-20-22(16)11-14-7-8-14)17(21)13-23-12-15-5-3-2-4-6-15/h2-6,14,17H,7-13H2,1H3/t17-/m1/s1. The van der Waals surface area contributed by atoms with Crippen LogP contribution in [0.2, 0.25) is 0 Å². The van der Waals surface area contributed by atoms with E-state index in [-0.39, 0.29) is 6.04 Å². The third-order valence-corrected chi connectivity index (χ3v) is 4.93. The van der Waals surface area contributed by atoms with Crippen LogP contribution in [0.4, 0.5) is 0 Å². The predicted molar refractivity (Wildman–Crippen MR) is 87.9 cm³/mol. The average Bonchev–Trinajstić information content (AvgIpc) is 3.30. The first kappa shape index (κ1) is 14.8. The Hall–Kier alpha value is -1.72. The van der Waals surface area contributed by atoms with Crippen LogP contribution in [0, 0.1) is 5.92 Å². The number of likely N-dealkylation sites (N-methyl/N-ethyl adjacent to an activating group) is 1. The highest BCUT2D eigenvalue weighted by atomic mass is 16.5. The van der Waals surface area contributed by atoms with E-state index in [1.807, 2.05) is 18.2 Å². The molecule has 5 nitrogen and oxygen atoms in total. The molecule has 122 valence electrons. The van der Waals surface area contributed by atoms with Gasteiger partial charge in [-0.3, -0.25) is 4.90 Å².